The van der Waals surface area contributed by atoms with Crippen molar-refractivity contribution in [2.45, 2.75) is 27.7 Å². The molecule has 0 radical (unpaired) electrons. The number of nitriles is 1. The Bertz CT molecular complexity index is 4670. The maximum Gasteiger partial charge on any atom is 0.0998 e. The molecule has 0 spiro atoms. The van der Waals surface area contributed by atoms with Gasteiger partial charge in [0.05, 0.1) is 50.4 Å². The van der Waals surface area contributed by atoms with Crippen LogP contribution in [-0.2, 0) is 0 Å². The fourth-order valence-corrected chi connectivity index (χ4v) is 12.0. The third kappa shape index (κ3) is 7.02. The third-order valence-corrected chi connectivity index (χ3v) is 15.3. The summed E-state index contributed by atoms with van der Waals surface area (Å²) in [5, 5.41) is 18.8. The van der Waals surface area contributed by atoms with Gasteiger partial charge in [-0.05, 0) is 165 Å². The average molecular weight is 960 g/mol. The molecule has 4 aromatic heterocycles. The lowest BCUT2D eigenvalue weighted by molar-refractivity contribution is 1.18. The van der Waals surface area contributed by atoms with Crippen molar-refractivity contribution in [1.29, 1.82) is 5.26 Å². The average Bonchev–Trinajstić information content (AvgIpc) is 4.11. The van der Waals surface area contributed by atoms with E-state index in [0.29, 0.717) is 5.56 Å². The zero-order chi connectivity index (χ0) is 50.5. The molecule has 0 amide bonds. The number of hydrogen-bond donors (Lipinski definition) is 0. The summed E-state index contributed by atoms with van der Waals surface area (Å²) in [7, 11) is 0. The Kier molecular flexibility index (Phi) is 10.1. The minimum absolute atomic E-state index is 0.575. The lowest BCUT2D eigenvalue weighted by atomic mass is 9.81. The number of hydrogen-bond acceptors (Lipinski definition) is 2. The van der Waals surface area contributed by atoms with Crippen LogP contribution >= 0.6 is 0 Å². The third-order valence-electron chi connectivity index (χ3n) is 15.3. The number of rotatable bonds is 7. The normalized spacial score (nSPS) is 11.7. The van der Waals surface area contributed by atoms with E-state index >= 15 is 0 Å². The highest BCUT2D eigenvalue weighted by molar-refractivity contribution is 6.12. The highest BCUT2D eigenvalue weighted by Gasteiger charge is 2.25. The van der Waals surface area contributed by atoms with Gasteiger partial charge in [0.15, 0.2) is 0 Å². The molecule has 75 heavy (non-hydrogen) atoms. The topological polar surface area (TPSA) is 51.5 Å². The molecule has 0 aliphatic rings. The van der Waals surface area contributed by atoms with E-state index in [1.165, 1.54) is 54.5 Å². The van der Waals surface area contributed by atoms with E-state index in [9.17, 15) is 5.26 Å². The summed E-state index contributed by atoms with van der Waals surface area (Å²) in [5.41, 5.74) is 22.8. The van der Waals surface area contributed by atoms with Crippen LogP contribution in [0.2, 0.25) is 0 Å². The van der Waals surface area contributed by atoms with Gasteiger partial charge in [0, 0.05) is 66.2 Å². The smallest absolute Gasteiger partial charge is 0.0998 e. The number of benzene rings is 10. The fraction of sp³-hybridized carbons (Fsp3) is 0.0571. The maximum absolute atomic E-state index is 11.4. The molecule has 0 N–H and O–H groups in total. The summed E-state index contributed by atoms with van der Waals surface area (Å²) in [6.07, 6.45) is 0. The summed E-state index contributed by atoms with van der Waals surface area (Å²) in [6, 6.07) is 83.7. The van der Waals surface area contributed by atoms with Crippen LogP contribution < -0.4 is 0 Å². The van der Waals surface area contributed by atoms with Crippen LogP contribution in [0.4, 0.5) is 0 Å². The molecule has 4 heterocycles. The van der Waals surface area contributed by atoms with E-state index in [1.54, 1.807) is 0 Å². The van der Waals surface area contributed by atoms with Crippen molar-refractivity contribution >= 4 is 65.4 Å². The van der Waals surface area contributed by atoms with Gasteiger partial charge in [0.25, 0.3) is 0 Å². The van der Waals surface area contributed by atoms with Gasteiger partial charge in [-0.2, -0.15) is 5.26 Å². The molecule has 0 fully saturated rings. The molecule has 0 atom stereocenters. The SMILES string of the molecule is Cc1ccc2c(c1)c1ccccc1n2-c1ccc(-c2cc(C#N)c(-c3ccc(-n4c5ccccc5c5cc(C)ccc54)cc3)c(-c3cccc(C)n3)c2-c2ccc(-n3c4ccccc4c4cc(C)ccc43)cc2)cc1. The number of nitrogens with zero attached hydrogens (tertiary/aromatic N) is 5. The van der Waals surface area contributed by atoms with E-state index in [0.717, 1.165) is 95.0 Å². The van der Waals surface area contributed by atoms with E-state index in [1.807, 2.05) is 13.0 Å². The Balaban J connectivity index is 1.00. The Morgan fingerprint density at radius 3 is 1.13 bits per heavy atom. The molecule has 14 rings (SSSR count). The van der Waals surface area contributed by atoms with Gasteiger partial charge in [0.2, 0.25) is 0 Å². The van der Waals surface area contributed by atoms with Crippen LogP contribution in [0.3, 0.4) is 0 Å². The van der Waals surface area contributed by atoms with E-state index in [2.05, 4.69) is 259 Å². The Labute approximate surface area is 435 Å². The molecule has 0 saturated heterocycles. The largest absolute Gasteiger partial charge is 0.309 e. The standard InChI is InChI=1S/C70H49N5/c1-43-20-35-65-58(38-43)54-13-5-8-17-62(54)73(65)51-29-23-47(24-30-51)57-41-50(42-71)68(48-25-31-52(32-26-48)74-63-18-9-6-14-55(63)59-39-44(2)21-36-66(59)74)70(61-16-11-12-46(4)72-61)69(57)49-27-33-53(34-28-49)75-64-19-10-7-15-56(64)60-40-45(3)22-37-67(60)75/h5-41H,1-4H3. The highest BCUT2D eigenvalue weighted by atomic mass is 15.0. The monoisotopic (exact) mass is 959 g/mol. The summed E-state index contributed by atoms with van der Waals surface area (Å²) >= 11 is 0. The predicted octanol–water partition coefficient (Wildman–Crippen LogP) is 18.1. The van der Waals surface area contributed by atoms with Gasteiger partial charge < -0.3 is 13.7 Å². The Hall–Kier alpha value is -9.76. The van der Waals surface area contributed by atoms with Crippen LogP contribution in [0, 0.1) is 39.0 Å². The van der Waals surface area contributed by atoms with Crippen LogP contribution in [0.25, 0.3) is 127 Å². The number of para-hydroxylation sites is 3. The lowest BCUT2D eigenvalue weighted by Gasteiger charge is -2.22. The molecule has 0 aliphatic carbocycles. The molecule has 354 valence electrons. The molecule has 0 aliphatic heterocycles. The van der Waals surface area contributed by atoms with Crippen LogP contribution in [0.5, 0.6) is 0 Å². The quantitative estimate of drug-likeness (QED) is 0.160. The number of aryl methyl sites for hydroxylation is 4. The van der Waals surface area contributed by atoms with E-state index in [-0.39, 0.29) is 0 Å². The van der Waals surface area contributed by atoms with Gasteiger partial charge >= 0.3 is 0 Å². The van der Waals surface area contributed by atoms with Gasteiger partial charge in [0.1, 0.15) is 0 Å². The predicted molar refractivity (Wildman–Crippen MR) is 313 cm³/mol. The van der Waals surface area contributed by atoms with Crippen LogP contribution in [0.1, 0.15) is 27.9 Å². The molecule has 5 heteroatoms. The zero-order valence-corrected chi connectivity index (χ0v) is 42.1. The lowest BCUT2D eigenvalue weighted by Crippen LogP contribution is -2.01. The Morgan fingerprint density at radius 1 is 0.333 bits per heavy atom. The van der Waals surface area contributed by atoms with E-state index in [4.69, 9.17) is 4.98 Å². The van der Waals surface area contributed by atoms with Crippen molar-refractivity contribution in [3.63, 3.8) is 0 Å². The fourth-order valence-electron chi connectivity index (χ4n) is 12.0. The number of aromatic nitrogens is 4. The number of fused-ring (bicyclic) bond motifs is 9. The second kappa shape index (κ2) is 17.2. The Morgan fingerprint density at radius 2 is 0.720 bits per heavy atom. The summed E-state index contributed by atoms with van der Waals surface area (Å²) in [5.74, 6) is 0. The van der Waals surface area contributed by atoms with Crippen molar-refractivity contribution < 1.29 is 0 Å². The minimum Gasteiger partial charge on any atom is -0.309 e. The molecule has 10 aromatic carbocycles. The van der Waals surface area contributed by atoms with Gasteiger partial charge in [-0.3, -0.25) is 4.98 Å². The first-order chi connectivity index (χ1) is 36.8. The zero-order valence-electron chi connectivity index (χ0n) is 42.1. The van der Waals surface area contributed by atoms with E-state index < -0.39 is 0 Å². The molecule has 0 saturated carbocycles. The van der Waals surface area contributed by atoms with Crippen molar-refractivity contribution in [3.05, 3.63) is 252 Å². The molecular weight excluding hydrogens is 911 g/mol. The van der Waals surface area contributed by atoms with Gasteiger partial charge in [-0.15, -0.1) is 0 Å². The highest BCUT2D eigenvalue weighted by Crippen LogP contribution is 2.48. The molecule has 0 bridgehead atoms. The van der Waals surface area contributed by atoms with Crippen LogP contribution in [-0.4, -0.2) is 18.7 Å². The molecule has 0 unspecified atom stereocenters. The minimum atomic E-state index is 0.575. The van der Waals surface area contributed by atoms with Crippen molar-refractivity contribution in [3.8, 4) is 67.8 Å². The number of pyridine rings is 1. The second-order valence-corrected chi connectivity index (χ2v) is 20.1. The molecular formula is C70H49N5. The second-order valence-electron chi connectivity index (χ2n) is 20.1. The summed E-state index contributed by atoms with van der Waals surface area (Å²) in [4.78, 5) is 5.28. The first-order valence-electron chi connectivity index (χ1n) is 25.7. The summed E-state index contributed by atoms with van der Waals surface area (Å²) in [6.45, 7) is 8.50. The maximum atomic E-state index is 11.4. The first-order valence-corrected chi connectivity index (χ1v) is 25.7. The van der Waals surface area contributed by atoms with Crippen LogP contribution in [0.15, 0.2) is 224 Å². The van der Waals surface area contributed by atoms with Gasteiger partial charge in [-0.1, -0.05) is 132 Å². The first kappa shape index (κ1) is 44.0. The van der Waals surface area contributed by atoms with Crippen molar-refractivity contribution in [1.82, 2.24) is 18.7 Å². The summed E-state index contributed by atoms with van der Waals surface area (Å²) < 4.78 is 7.08. The molecule has 14 aromatic rings. The van der Waals surface area contributed by atoms with Gasteiger partial charge in [-0.25, -0.2) is 0 Å². The van der Waals surface area contributed by atoms with Crippen molar-refractivity contribution in [2.24, 2.45) is 0 Å². The van der Waals surface area contributed by atoms with Crippen molar-refractivity contribution in [2.75, 3.05) is 0 Å². The molecule has 5 nitrogen and oxygen atoms in total.